The Morgan fingerprint density at radius 3 is 2.46 bits per heavy atom. The van der Waals surface area contributed by atoms with Crippen LogP contribution < -0.4 is 5.73 Å². The van der Waals surface area contributed by atoms with Crippen molar-refractivity contribution in [3.05, 3.63) is 70.8 Å². The fourth-order valence-corrected chi connectivity index (χ4v) is 6.47. The second-order valence-corrected chi connectivity index (χ2v) is 10.4. The van der Waals surface area contributed by atoms with Crippen LogP contribution in [0.1, 0.15) is 23.1 Å². The third kappa shape index (κ3) is 3.77. The third-order valence-corrected chi connectivity index (χ3v) is 8.08. The Balaban J connectivity index is 1.61. The monoisotopic (exact) mass is 506 g/mol. The number of amides is 1. The van der Waals surface area contributed by atoms with Gasteiger partial charge in [0.25, 0.3) is 0 Å². The number of ketones is 2. The zero-order chi connectivity index (χ0) is 26.6. The van der Waals surface area contributed by atoms with Gasteiger partial charge in [0.05, 0.1) is 18.3 Å². The zero-order valence-corrected chi connectivity index (χ0v) is 20.6. The van der Waals surface area contributed by atoms with Crippen molar-refractivity contribution in [2.45, 2.75) is 37.2 Å². The van der Waals surface area contributed by atoms with E-state index in [0.29, 0.717) is 12.0 Å². The summed E-state index contributed by atoms with van der Waals surface area (Å²) in [7, 11) is 3.47. The predicted molar refractivity (Wildman–Crippen MR) is 133 cm³/mol. The molecule has 2 saturated carbocycles. The van der Waals surface area contributed by atoms with Gasteiger partial charge in [-0.05, 0) is 50.0 Å². The van der Waals surface area contributed by atoms with Gasteiger partial charge in [-0.2, -0.15) is 0 Å². The molecule has 6 atom stereocenters. The molecule has 9 heteroatoms. The summed E-state index contributed by atoms with van der Waals surface area (Å²) in [5.74, 6) is -6.62. The molecular weight excluding hydrogens is 476 g/mol. The van der Waals surface area contributed by atoms with Gasteiger partial charge in [0.15, 0.2) is 11.4 Å². The Hall–Kier alpha value is -3.53. The van der Waals surface area contributed by atoms with Gasteiger partial charge in [-0.25, -0.2) is 0 Å². The molecule has 0 aromatic heterocycles. The van der Waals surface area contributed by atoms with Crippen LogP contribution in [0.5, 0.6) is 5.75 Å². The molecule has 194 valence electrons. The second-order valence-electron chi connectivity index (χ2n) is 10.4. The van der Waals surface area contributed by atoms with Gasteiger partial charge in [-0.1, -0.05) is 42.5 Å². The molecule has 2 aromatic carbocycles. The van der Waals surface area contributed by atoms with E-state index in [1.807, 2.05) is 30.3 Å². The summed E-state index contributed by atoms with van der Waals surface area (Å²) in [6.45, 7) is 0.105. The quantitative estimate of drug-likeness (QED) is 0.444. The first-order valence-corrected chi connectivity index (χ1v) is 12.2. The number of hydrogen-bond acceptors (Lipinski definition) is 8. The van der Waals surface area contributed by atoms with E-state index in [1.165, 1.54) is 6.07 Å². The summed E-state index contributed by atoms with van der Waals surface area (Å²) >= 11 is 0. The van der Waals surface area contributed by atoms with Crippen LogP contribution in [0, 0.1) is 17.8 Å². The number of phenols is 1. The van der Waals surface area contributed by atoms with Crippen molar-refractivity contribution in [2.24, 2.45) is 23.5 Å². The highest BCUT2D eigenvalue weighted by molar-refractivity contribution is 6.25. The van der Waals surface area contributed by atoms with Crippen molar-refractivity contribution in [3.8, 4) is 5.75 Å². The van der Waals surface area contributed by atoms with Crippen LogP contribution >= 0.6 is 0 Å². The van der Waals surface area contributed by atoms with Crippen molar-refractivity contribution in [3.63, 3.8) is 0 Å². The minimum atomic E-state index is -2.58. The zero-order valence-electron chi connectivity index (χ0n) is 20.6. The van der Waals surface area contributed by atoms with E-state index < -0.39 is 58.7 Å². The lowest BCUT2D eigenvalue weighted by molar-refractivity contribution is -0.190. The van der Waals surface area contributed by atoms with E-state index in [9.17, 15) is 29.7 Å². The normalized spacial score (nSPS) is 31.1. The Morgan fingerprint density at radius 1 is 1.11 bits per heavy atom. The Kier molecular flexibility index (Phi) is 6.18. The van der Waals surface area contributed by atoms with Crippen molar-refractivity contribution in [2.75, 3.05) is 14.1 Å². The number of nitrogens with two attached hydrogens (primary N) is 1. The minimum absolute atomic E-state index is 0.105. The number of aromatic hydroxyl groups is 1. The Labute approximate surface area is 214 Å². The number of nitrogens with zero attached hydrogens (tertiary/aromatic N) is 1. The molecule has 0 radical (unpaired) electrons. The number of benzene rings is 2. The van der Waals surface area contributed by atoms with Crippen molar-refractivity contribution >= 4 is 23.2 Å². The molecule has 0 aliphatic heterocycles. The number of rotatable bonds is 5. The molecule has 9 nitrogen and oxygen atoms in total. The minimum Gasteiger partial charge on any atom is -0.507 e. The molecular formula is C28H30N2O7. The fraction of sp³-hybridized carbons (Fsp3) is 0.393. The number of carbonyl (C=O) groups is 3. The molecule has 3 aliphatic rings. The largest absolute Gasteiger partial charge is 0.507 e. The van der Waals surface area contributed by atoms with Gasteiger partial charge >= 0.3 is 0 Å². The fourth-order valence-electron chi connectivity index (χ4n) is 6.47. The maximum absolute atomic E-state index is 13.9. The SMILES string of the molecule is CN(C)[C@@H]1C(OCc2ccccc2)C(C(N)=O)C(=O)[C@@]2(O)C(=O)C3=C(O)c4c(O)cccc4C[C@H]3C[C@@H]12. The van der Waals surface area contributed by atoms with Crippen LogP contribution in [0.3, 0.4) is 0 Å². The summed E-state index contributed by atoms with van der Waals surface area (Å²) in [6, 6.07) is 13.4. The van der Waals surface area contributed by atoms with Gasteiger partial charge in [0.1, 0.15) is 17.4 Å². The van der Waals surface area contributed by atoms with E-state index in [1.54, 1.807) is 31.1 Å². The molecule has 5 N–H and O–H groups in total. The first kappa shape index (κ1) is 25.1. The smallest absolute Gasteiger partial charge is 0.230 e. The number of aliphatic hydroxyl groups excluding tert-OH is 1. The highest BCUT2D eigenvalue weighted by Gasteiger charge is 2.68. The van der Waals surface area contributed by atoms with Crippen molar-refractivity contribution < 1.29 is 34.4 Å². The van der Waals surface area contributed by atoms with Crippen molar-refractivity contribution in [1.82, 2.24) is 4.90 Å². The Morgan fingerprint density at radius 2 is 1.81 bits per heavy atom. The number of carbonyl (C=O) groups excluding carboxylic acids is 3. The van der Waals surface area contributed by atoms with Gasteiger partial charge in [0.2, 0.25) is 11.7 Å². The van der Waals surface area contributed by atoms with Gasteiger partial charge in [0, 0.05) is 17.5 Å². The Bertz CT molecular complexity index is 1300. The highest BCUT2D eigenvalue weighted by Crippen LogP contribution is 2.52. The molecule has 0 bridgehead atoms. The highest BCUT2D eigenvalue weighted by atomic mass is 16.5. The topological polar surface area (TPSA) is 150 Å². The number of primary amides is 1. The van der Waals surface area contributed by atoms with Crippen LogP contribution in [0.4, 0.5) is 0 Å². The number of fused-ring (bicyclic) bond motifs is 3. The summed E-state index contributed by atoms with van der Waals surface area (Å²) < 4.78 is 6.17. The number of Topliss-reactive ketones (excluding diaryl/α,β-unsaturated/α-hetero) is 2. The average molecular weight is 507 g/mol. The van der Waals surface area contributed by atoms with Gasteiger partial charge in [-0.15, -0.1) is 0 Å². The number of aliphatic hydroxyl groups is 2. The number of ether oxygens (including phenoxy) is 1. The molecule has 0 spiro atoms. The van der Waals surface area contributed by atoms with E-state index >= 15 is 0 Å². The maximum Gasteiger partial charge on any atom is 0.230 e. The van der Waals surface area contributed by atoms with E-state index in [2.05, 4.69) is 0 Å². The summed E-state index contributed by atoms with van der Waals surface area (Å²) in [5, 5.41) is 33.3. The molecule has 0 heterocycles. The first-order chi connectivity index (χ1) is 17.6. The van der Waals surface area contributed by atoms with Crippen LogP contribution in [0.15, 0.2) is 54.1 Å². The molecule has 3 aliphatic carbocycles. The predicted octanol–water partition coefficient (Wildman–Crippen LogP) is 1.35. The lowest BCUT2D eigenvalue weighted by atomic mass is 9.54. The summed E-state index contributed by atoms with van der Waals surface area (Å²) in [6.07, 6.45) is -0.482. The van der Waals surface area contributed by atoms with Crippen LogP contribution in [0.25, 0.3) is 5.76 Å². The van der Waals surface area contributed by atoms with Crippen LogP contribution in [-0.4, -0.2) is 69.5 Å². The lowest BCUT2D eigenvalue weighted by Crippen LogP contribution is -2.73. The van der Waals surface area contributed by atoms with E-state index in [0.717, 1.165) is 5.56 Å². The molecule has 37 heavy (non-hydrogen) atoms. The third-order valence-electron chi connectivity index (χ3n) is 8.08. The average Bonchev–Trinajstić information content (AvgIpc) is 2.85. The molecule has 2 fully saturated rings. The standard InChI is InChI=1S/C28H30N2O7/c1-30(2)22-17-12-16-11-15-9-6-10-18(31)19(15)23(32)20(16)25(33)28(17,36)26(34)21(27(29)35)24(22)37-13-14-7-4-3-5-8-14/h3-10,16-17,21-22,24,31-32,36H,11-13H2,1-2H3,(H2,29,35)/t16-,17-,21?,22-,24?,28-/m0/s1. The lowest BCUT2D eigenvalue weighted by Gasteiger charge is -2.54. The summed E-state index contributed by atoms with van der Waals surface area (Å²) in [4.78, 5) is 42.1. The van der Waals surface area contributed by atoms with Gasteiger partial charge < -0.3 is 30.7 Å². The molecule has 1 amide bonds. The van der Waals surface area contributed by atoms with E-state index in [-0.39, 0.29) is 29.9 Å². The van der Waals surface area contributed by atoms with Crippen LogP contribution in [-0.2, 0) is 32.1 Å². The maximum atomic E-state index is 13.9. The molecule has 0 saturated heterocycles. The van der Waals surface area contributed by atoms with Gasteiger partial charge in [-0.3, -0.25) is 14.4 Å². The van der Waals surface area contributed by atoms with E-state index in [4.69, 9.17) is 10.5 Å². The van der Waals surface area contributed by atoms with Crippen molar-refractivity contribution in [1.29, 1.82) is 0 Å². The molecule has 2 unspecified atom stereocenters. The number of hydrogen-bond donors (Lipinski definition) is 4. The summed E-state index contributed by atoms with van der Waals surface area (Å²) in [5.41, 5.74) is 4.60. The molecule has 5 rings (SSSR count). The number of likely N-dealkylation sites (N-methyl/N-ethyl adjacent to an activating group) is 1. The second kappa shape index (κ2) is 9.09. The molecule has 2 aromatic rings. The van der Waals surface area contributed by atoms with Crippen LogP contribution in [0.2, 0.25) is 0 Å². The number of phenolic OH excluding ortho intramolecular Hbond substituents is 1. The first-order valence-electron chi connectivity index (χ1n) is 12.2.